The second kappa shape index (κ2) is 7.65. The minimum absolute atomic E-state index is 0.0465. The van der Waals surface area contributed by atoms with E-state index in [0.29, 0.717) is 11.6 Å². The largest absolute Gasteiger partial charge is 0.454 e. The quantitative estimate of drug-likeness (QED) is 0.679. The molecule has 0 spiro atoms. The van der Waals surface area contributed by atoms with Crippen molar-refractivity contribution in [3.63, 3.8) is 0 Å². The first-order valence-electron chi connectivity index (χ1n) is 7.82. The number of rotatable bonds is 5. The fourth-order valence-corrected chi connectivity index (χ4v) is 2.65. The number of halogens is 2. The third-order valence-electron chi connectivity index (χ3n) is 3.72. The van der Waals surface area contributed by atoms with Crippen LogP contribution < -0.4 is 10.1 Å². The summed E-state index contributed by atoms with van der Waals surface area (Å²) in [6.07, 6.45) is 1.55. The molecule has 0 aliphatic rings. The normalized spacial score (nSPS) is 11.8. The maximum Gasteiger partial charge on any atom is 0.251 e. The van der Waals surface area contributed by atoms with E-state index in [1.54, 1.807) is 49.1 Å². The van der Waals surface area contributed by atoms with Gasteiger partial charge in [0.05, 0.1) is 6.04 Å². The summed E-state index contributed by atoms with van der Waals surface area (Å²) in [6, 6.07) is 10.7. The Labute approximate surface area is 158 Å². The van der Waals surface area contributed by atoms with Crippen molar-refractivity contribution >= 4 is 21.8 Å². The molecule has 3 rings (SSSR count). The molecular formula is C18H16BrFN4O2. The number of carbonyl (C=O) groups excluding carboxylic acids is 1. The van der Waals surface area contributed by atoms with Crippen molar-refractivity contribution in [1.29, 1.82) is 0 Å². The molecule has 134 valence electrons. The Morgan fingerprint density at radius 1 is 1.27 bits per heavy atom. The number of amides is 1. The summed E-state index contributed by atoms with van der Waals surface area (Å²) in [5, 5.41) is 10.5. The van der Waals surface area contributed by atoms with E-state index in [1.807, 2.05) is 0 Å². The van der Waals surface area contributed by atoms with Crippen LogP contribution in [0.2, 0.25) is 0 Å². The van der Waals surface area contributed by atoms with E-state index >= 15 is 0 Å². The highest BCUT2D eigenvalue weighted by molar-refractivity contribution is 9.10. The van der Waals surface area contributed by atoms with Crippen molar-refractivity contribution in [3.8, 4) is 11.5 Å². The molecule has 3 aromatic rings. The molecule has 1 amide bonds. The number of carbonyl (C=O) groups is 1. The van der Waals surface area contributed by atoms with E-state index in [1.165, 1.54) is 12.1 Å². The van der Waals surface area contributed by atoms with Gasteiger partial charge >= 0.3 is 0 Å². The standard InChI is InChI=1S/C18H16BrFN4O2/c1-11(17-23-21-10-24(17)2)22-18(25)12-3-8-16(15(20)9-12)26-14-6-4-13(19)5-7-14/h3-11H,1-2H3,(H,22,25)/t11-/m0/s1. The number of hydrogen-bond acceptors (Lipinski definition) is 4. The van der Waals surface area contributed by atoms with Crippen LogP contribution in [0.1, 0.15) is 29.1 Å². The Balaban J connectivity index is 1.71. The lowest BCUT2D eigenvalue weighted by Crippen LogP contribution is -2.28. The molecule has 0 saturated heterocycles. The molecule has 0 fully saturated rings. The summed E-state index contributed by atoms with van der Waals surface area (Å²) in [7, 11) is 1.78. The van der Waals surface area contributed by atoms with Crippen LogP contribution in [0.3, 0.4) is 0 Å². The van der Waals surface area contributed by atoms with Gasteiger partial charge in [-0.3, -0.25) is 4.79 Å². The average Bonchev–Trinajstić information content (AvgIpc) is 3.04. The van der Waals surface area contributed by atoms with Crippen LogP contribution in [0.5, 0.6) is 11.5 Å². The summed E-state index contributed by atoms with van der Waals surface area (Å²) >= 11 is 3.33. The predicted octanol–water partition coefficient (Wildman–Crippen LogP) is 4.00. The van der Waals surface area contributed by atoms with Crippen LogP contribution in [0.4, 0.5) is 4.39 Å². The fourth-order valence-electron chi connectivity index (χ4n) is 2.38. The lowest BCUT2D eigenvalue weighted by molar-refractivity contribution is 0.0937. The van der Waals surface area contributed by atoms with Crippen LogP contribution in [0.25, 0.3) is 0 Å². The lowest BCUT2D eigenvalue weighted by Gasteiger charge is -2.13. The van der Waals surface area contributed by atoms with Gasteiger partial charge < -0.3 is 14.6 Å². The van der Waals surface area contributed by atoms with E-state index in [0.717, 1.165) is 10.5 Å². The van der Waals surface area contributed by atoms with Crippen LogP contribution in [-0.4, -0.2) is 20.7 Å². The first-order chi connectivity index (χ1) is 12.4. The van der Waals surface area contributed by atoms with Crippen molar-refractivity contribution in [2.24, 2.45) is 7.05 Å². The predicted molar refractivity (Wildman–Crippen MR) is 97.5 cm³/mol. The third kappa shape index (κ3) is 4.08. The topological polar surface area (TPSA) is 69.0 Å². The molecule has 0 unspecified atom stereocenters. The van der Waals surface area contributed by atoms with Gasteiger partial charge in [0.25, 0.3) is 5.91 Å². The van der Waals surface area contributed by atoms with Crippen molar-refractivity contribution in [3.05, 3.63) is 70.5 Å². The van der Waals surface area contributed by atoms with Gasteiger partial charge in [0.1, 0.15) is 12.1 Å². The molecule has 0 aliphatic heterocycles. The summed E-state index contributed by atoms with van der Waals surface area (Å²) in [5.74, 6) is 0.126. The Bertz CT molecular complexity index is 927. The molecule has 26 heavy (non-hydrogen) atoms. The second-order valence-corrected chi connectivity index (χ2v) is 6.61. The molecular weight excluding hydrogens is 403 g/mol. The zero-order chi connectivity index (χ0) is 18.7. The van der Waals surface area contributed by atoms with Crippen molar-refractivity contribution < 1.29 is 13.9 Å². The van der Waals surface area contributed by atoms with Crippen LogP contribution in [-0.2, 0) is 7.05 Å². The van der Waals surface area contributed by atoms with E-state index < -0.39 is 11.7 Å². The van der Waals surface area contributed by atoms with Crippen molar-refractivity contribution in [2.75, 3.05) is 0 Å². The van der Waals surface area contributed by atoms with E-state index in [-0.39, 0.29) is 17.4 Å². The Hall–Kier alpha value is -2.74. The van der Waals surface area contributed by atoms with Crippen LogP contribution >= 0.6 is 15.9 Å². The minimum atomic E-state index is -0.619. The molecule has 1 aromatic heterocycles. The molecule has 0 saturated carbocycles. The number of hydrogen-bond donors (Lipinski definition) is 1. The van der Waals surface area contributed by atoms with E-state index in [9.17, 15) is 9.18 Å². The molecule has 8 heteroatoms. The summed E-state index contributed by atoms with van der Waals surface area (Å²) < 4.78 is 22.4. The number of aryl methyl sites for hydroxylation is 1. The molecule has 6 nitrogen and oxygen atoms in total. The second-order valence-electron chi connectivity index (χ2n) is 5.70. The maximum atomic E-state index is 14.3. The highest BCUT2D eigenvalue weighted by Gasteiger charge is 2.17. The Kier molecular flexibility index (Phi) is 5.32. The van der Waals surface area contributed by atoms with Crippen molar-refractivity contribution in [1.82, 2.24) is 20.1 Å². The first-order valence-corrected chi connectivity index (χ1v) is 8.61. The third-order valence-corrected chi connectivity index (χ3v) is 4.25. The molecule has 0 aliphatic carbocycles. The monoisotopic (exact) mass is 418 g/mol. The van der Waals surface area contributed by atoms with Gasteiger partial charge in [-0.2, -0.15) is 0 Å². The summed E-state index contributed by atoms with van der Waals surface area (Å²) in [6.45, 7) is 1.78. The highest BCUT2D eigenvalue weighted by atomic mass is 79.9. The molecule has 1 atom stereocenters. The molecule has 1 heterocycles. The number of benzene rings is 2. The first kappa shape index (κ1) is 18.1. The van der Waals surface area contributed by atoms with Gasteiger partial charge in [-0.15, -0.1) is 10.2 Å². The number of nitrogens with one attached hydrogen (secondary N) is 1. The van der Waals surface area contributed by atoms with Gasteiger partial charge in [0, 0.05) is 17.1 Å². The van der Waals surface area contributed by atoms with Crippen molar-refractivity contribution in [2.45, 2.75) is 13.0 Å². The highest BCUT2D eigenvalue weighted by Crippen LogP contribution is 2.26. The van der Waals surface area contributed by atoms with E-state index in [4.69, 9.17) is 4.74 Å². The van der Waals surface area contributed by atoms with Gasteiger partial charge in [-0.25, -0.2) is 4.39 Å². The average molecular weight is 419 g/mol. The Morgan fingerprint density at radius 2 is 2.00 bits per heavy atom. The SMILES string of the molecule is C[C@H](NC(=O)c1ccc(Oc2ccc(Br)cc2)c(F)c1)c1nncn1C. The molecule has 2 aromatic carbocycles. The van der Waals surface area contributed by atoms with Gasteiger partial charge in [0.2, 0.25) is 0 Å². The van der Waals surface area contributed by atoms with E-state index in [2.05, 4.69) is 31.4 Å². The summed E-state index contributed by atoms with van der Waals surface area (Å²) in [4.78, 5) is 12.3. The zero-order valence-corrected chi connectivity index (χ0v) is 15.7. The van der Waals surface area contributed by atoms with Gasteiger partial charge in [-0.1, -0.05) is 15.9 Å². The number of nitrogens with zero attached hydrogens (tertiary/aromatic N) is 3. The van der Waals surface area contributed by atoms with Gasteiger partial charge in [0.15, 0.2) is 17.4 Å². The smallest absolute Gasteiger partial charge is 0.251 e. The molecule has 1 N–H and O–H groups in total. The van der Waals surface area contributed by atoms with Crippen LogP contribution in [0.15, 0.2) is 53.3 Å². The number of aromatic nitrogens is 3. The Morgan fingerprint density at radius 3 is 2.62 bits per heavy atom. The summed E-state index contributed by atoms with van der Waals surface area (Å²) in [5.41, 5.74) is 0.194. The minimum Gasteiger partial charge on any atom is -0.454 e. The number of ether oxygens (including phenoxy) is 1. The van der Waals surface area contributed by atoms with Gasteiger partial charge in [-0.05, 0) is 49.4 Å². The molecule has 0 radical (unpaired) electrons. The maximum absolute atomic E-state index is 14.3. The molecule has 0 bridgehead atoms. The lowest BCUT2D eigenvalue weighted by atomic mass is 10.1. The fraction of sp³-hybridized carbons (Fsp3) is 0.167. The zero-order valence-electron chi connectivity index (χ0n) is 14.1. The van der Waals surface area contributed by atoms with Crippen LogP contribution in [0, 0.1) is 5.82 Å².